The number of halogens is 1. The van der Waals surface area contributed by atoms with Crippen LogP contribution in [-0.2, 0) is 9.53 Å². The van der Waals surface area contributed by atoms with Crippen molar-refractivity contribution < 1.29 is 36.1 Å². The van der Waals surface area contributed by atoms with E-state index in [2.05, 4.69) is 30.2 Å². The number of alkyl halides is 1. The predicted molar refractivity (Wildman–Crippen MR) is 107 cm³/mol. The number of aliphatic hydroxyl groups excluding tert-OH is 1. The van der Waals surface area contributed by atoms with E-state index in [1.54, 1.807) is 0 Å². The van der Waals surface area contributed by atoms with Gasteiger partial charge in [0.25, 0.3) is 0 Å². The molecule has 8 nitrogen and oxygen atoms in total. The van der Waals surface area contributed by atoms with Gasteiger partial charge in [0, 0.05) is 0 Å². The molecule has 2 aliphatic rings. The third-order valence-corrected chi connectivity index (χ3v) is 7.63. The van der Waals surface area contributed by atoms with E-state index in [4.69, 9.17) is 9.84 Å². The number of carbonyl (C=O) groups is 1. The van der Waals surface area contributed by atoms with Crippen LogP contribution in [0.5, 0.6) is 0 Å². The maximum atomic E-state index is 11.9. The van der Waals surface area contributed by atoms with Crippen LogP contribution in [0.1, 0.15) is 19.3 Å². The van der Waals surface area contributed by atoms with E-state index in [-0.39, 0.29) is 34.0 Å². The van der Waals surface area contributed by atoms with Crippen molar-refractivity contribution in [3.8, 4) is 0 Å². The first-order chi connectivity index (χ1) is 13.7. The average molecular weight is 512 g/mol. The summed E-state index contributed by atoms with van der Waals surface area (Å²) in [4.78, 5) is 21.7. The number of hydrogen-bond donors (Lipinski definition) is 2. The Morgan fingerprint density at radius 3 is 2.21 bits per heavy atom. The van der Waals surface area contributed by atoms with Gasteiger partial charge in [0.2, 0.25) is 0 Å². The molecule has 0 bridgehead atoms. The molecule has 0 aromatic carbocycles. The van der Waals surface area contributed by atoms with Gasteiger partial charge < -0.3 is 0 Å². The number of carbonyl (C=O) groups excluding carboxylic acids is 1. The minimum absolute atomic E-state index is 0.0371. The molecule has 2 aliphatic heterocycles. The van der Waals surface area contributed by atoms with Gasteiger partial charge in [0.15, 0.2) is 0 Å². The number of likely N-dealkylation sites (N-methyl/N-ethyl adjacent to an activating group) is 1. The molecule has 28 heavy (non-hydrogen) atoms. The summed E-state index contributed by atoms with van der Waals surface area (Å²) in [5, 5.41) is 8.85. The summed E-state index contributed by atoms with van der Waals surface area (Å²) in [7, 11) is 2.17. The number of nitrogens with zero attached hydrogens (tertiary/aromatic N) is 4. The quantitative estimate of drug-likeness (QED) is 0.0861. The number of hydrogen-bond acceptors (Lipinski definition) is 7. The summed E-state index contributed by atoms with van der Waals surface area (Å²) < 4.78 is 9.63. The van der Waals surface area contributed by atoms with E-state index in [1.165, 1.54) is 0 Å². The molecule has 0 radical (unpaired) electrons. The van der Waals surface area contributed by atoms with Crippen molar-refractivity contribution in [1.82, 2.24) is 23.1 Å². The summed E-state index contributed by atoms with van der Waals surface area (Å²) in [6, 6.07) is 0. The molecular weight excluding hydrogens is 473 g/mol. The third kappa shape index (κ3) is 10.7. The Bertz CT molecular complexity index is 416. The van der Waals surface area contributed by atoms with E-state index in [0.29, 0.717) is 13.2 Å². The van der Waals surface area contributed by atoms with Gasteiger partial charge in [-0.05, 0) is 0 Å². The second-order valence-corrected chi connectivity index (χ2v) is 9.70. The fourth-order valence-corrected chi connectivity index (χ4v) is 5.34. The van der Waals surface area contributed by atoms with Crippen LogP contribution in [0.4, 0.5) is 0 Å². The van der Waals surface area contributed by atoms with Gasteiger partial charge in [-0.25, -0.2) is 0 Å². The molecule has 1 amide bonds. The van der Waals surface area contributed by atoms with Gasteiger partial charge in [-0.1, -0.05) is 0 Å². The van der Waals surface area contributed by atoms with Crippen LogP contribution in [0, 0.1) is 0 Å². The van der Waals surface area contributed by atoms with E-state index < -0.39 is 0 Å². The molecule has 9 heteroatoms. The number of ether oxygens (including phenoxy) is 1. The summed E-state index contributed by atoms with van der Waals surface area (Å²) in [6.45, 7) is 12.2. The molecule has 2 saturated heterocycles. The van der Waals surface area contributed by atoms with Gasteiger partial charge in [-0.15, -0.1) is 0 Å². The second-order valence-electron chi connectivity index (χ2n) is 7.71. The molecule has 0 atom stereocenters. The Morgan fingerprint density at radius 2 is 1.54 bits per heavy atom. The number of rotatable bonds is 13. The fraction of sp³-hybridized carbons (Fsp3) is 0.947. The number of aliphatic hydroxyl groups is 1. The molecular formula is C19H39IN5O3-. The summed E-state index contributed by atoms with van der Waals surface area (Å²) in [5.74, 6) is 0.0371. The molecule has 0 spiro atoms. The standard InChI is InChI=1S/C19H39IN5O3/c1-22-7-9-24(10-8-22)6-4-16-28-17-19(27)21-20-18-25-13-11-23(12-14-25)5-2-3-15-26/h26H,2-18H2,1H3,(H,21,27)/q-1. The van der Waals surface area contributed by atoms with Crippen molar-refractivity contribution in [1.29, 1.82) is 0 Å². The normalized spacial score (nSPS) is 20.6. The Balaban J connectivity index is 1.39. The molecule has 0 unspecified atom stereocenters. The van der Waals surface area contributed by atoms with Crippen LogP contribution in [0.3, 0.4) is 0 Å². The fourth-order valence-electron chi connectivity index (χ4n) is 3.42. The molecule has 2 rings (SSSR count). The number of piperazine rings is 2. The van der Waals surface area contributed by atoms with Crippen molar-refractivity contribution in [2.24, 2.45) is 0 Å². The Morgan fingerprint density at radius 1 is 0.929 bits per heavy atom. The number of amides is 1. The van der Waals surface area contributed by atoms with E-state index in [9.17, 15) is 4.79 Å². The van der Waals surface area contributed by atoms with Crippen molar-refractivity contribution in [3.63, 3.8) is 0 Å². The van der Waals surface area contributed by atoms with Crippen LogP contribution in [0.25, 0.3) is 0 Å². The molecule has 2 N–H and O–H groups in total. The monoisotopic (exact) mass is 512 g/mol. The molecule has 2 heterocycles. The summed E-state index contributed by atoms with van der Waals surface area (Å²) in [5.41, 5.74) is 0. The second kappa shape index (κ2) is 14.9. The zero-order valence-corrected chi connectivity index (χ0v) is 19.6. The molecule has 0 aliphatic carbocycles. The molecule has 0 aromatic rings. The van der Waals surface area contributed by atoms with Crippen LogP contribution in [0.15, 0.2) is 0 Å². The Labute approximate surface area is 181 Å². The topological polar surface area (TPSA) is 71.5 Å². The SMILES string of the molecule is CN1CCN(CCCOCC(=O)N[I-]CN2CCN(CCCCO)CC2)CC1. The molecule has 2 fully saturated rings. The first kappa shape index (κ1) is 24.2. The van der Waals surface area contributed by atoms with Gasteiger partial charge in [0.05, 0.1) is 0 Å². The predicted octanol–water partition coefficient (Wildman–Crippen LogP) is -3.89. The van der Waals surface area contributed by atoms with Crippen LogP contribution in [0.2, 0.25) is 0 Å². The molecule has 166 valence electrons. The summed E-state index contributed by atoms with van der Waals surface area (Å²) in [6.07, 6.45) is 2.97. The van der Waals surface area contributed by atoms with E-state index in [0.717, 1.165) is 89.3 Å². The van der Waals surface area contributed by atoms with Gasteiger partial charge >= 0.3 is 181 Å². The average Bonchev–Trinajstić information content (AvgIpc) is 2.70. The zero-order valence-electron chi connectivity index (χ0n) is 17.5. The van der Waals surface area contributed by atoms with Crippen LogP contribution < -0.4 is 25.0 Å². The minimum atomic E-state index is -0.329. The Hall–Kier alpha value is -0.0400. The van der Waals surface area contributed by atoms with Gasteiger partial charge in [0.1, 0.15) is 0 Å². The summed E-state index contributed by atoms with van der Waals surface area (Å²) >= 11 is -0.329. The third-order valence-electron chi connectivity index (χ3n) is 5.34. The van der Waals surface area contributed by atoms with Crippen molar-refractivity contribution in [2.75, 3.05) is 96.9 Å². The van der Waals surface area contributed by atoms with Crippen molar-refractivity contribution in [2.45, 2.75) is 19.3 Å². The zero-order chi connectivity index (χ0) is 20.0. The maximum absolute atomic E-state index is 11.9. The van der Waals surface area contributed by atoms with Gasteiger partial charge in [-0.2, -0.15) is 0 Å². The van der Waals surface area contributed by atoms with E-state index >= 15 is 0 Å². The van der Waals surface area contributed by atoms with Gasteiger partial charge in [-0.3, -0.25) is 0 Å². The first-order valence-corrected chi connectivity index (χ1v) is 13.2. The molecule has 0 aromatic heterocycles. The molecule has 0 saturated carbocycles. The Kier molecular flexibility index (Phi) is 12.9. The number of nitrogens with one attached hydrogen (secondary N) is 1. The number of unbranched alkanes of at least 4 members (excludes halogenated alkanes) is 1. The van der Waals surface area contributed by atoms with Crippen LogP contribution in [-0.4, -0.2) is 127 Å². The van der Waals surface area contributed by atoms with Crippen molar-refractivity contribution >= 4 is 5.91 Å². The first-order valence-electron chi connectivity index (χ1n) is 10.6. The van der Waals surface area contributed by atoms with Crippen molar-refractivity contribution in [3.05, 3.63) is 0 Å². The van der Waals surface area contributed by atoms with E-state index in [1.807, 2.05) is 0 Å². The van der Waals surface area contributed by atoms with Crippen LogP contribution >= 0.6 is 0 Å².